The van der Waals surface area contributed by atoms with Gasteiger partial charge in [0.05, 0.1) is 26.2 Å². The number of amides is 1. The molecule has 0 saturated heterocycles. The standard InChI is InChI=1S/C16H16Cl3N3O4S/c1-24-9-5-6-11(25-2)10(8-9)20-15(27)22-14(16(17,18)19)21-13(23)12-4-3-7-26-12/h3-8,14H,1-2H3,(H,21,23)(H2,20,22,27)/t14-/m1/s1. The average molecular weight is 453 g/mol. The summed E-state index contributed by atoms with van der Waals surface area (Å²) in [7, 11) is 3.04. The second kappa shape index (κ2) is 9.36. The third-order valence-electron chi connectivity index (χ3n) is 3.28. The van der Waals surface area contributed by atoms with Gasteiger partial charge in [0.1, 0.15) is 17.7 Å². The minimum atomic E-state index is -1.90. The van der Waals surface area contributed by atoms with Gasteiger partial charge in [-0.05, 0) is 36.5 Å². The van der Waals surface area contributed by atoms with Gasteiger partial charge < -0.3 is 29.8 Å². The molecule has 0 spiro atoms. The molecule has 0 fully saturated rings. The van der Waals surface area contributed by atoms with Gasteiger partial charge in [0.15, 0.2) is 10.9 Å². The molecule has 0 aliphatic rings. The van der Waals surface area contributed by atoms with Crippen molar-refractivity contribution in [2.45, 2.75) is 9.96 Å². The predicted molar refractivity (Wildman–Crippen MR) is 109 cm³/mol. The van der Waals surface area contributed by atoms with E-state index in [0.29, 0.717) is 17.2 Å². The van der Waals surface area contributed by atoms with Gasteiger partial charge in [0.2, 0.25) is 3.79 Å². The molecule has 7 nitrogen and oxygen atoms in total. The van der Waals surface area contributed by atoms with Crippen LogP contribution in [0.15, 0.2) is 41.0 Å². The van der Waals surface area contributed by atoms with Crippen molar-refractivity contribution in [1.29, 1.82) is 0 Å². The molecule has 1 heterocycles. The minimum Gasteiger partial charge on any atom is -0.497 e. The van der Waals surface area contributed by atoms with Gasteiger partial charge in [-0.25, -0.2) is 0 Å². The lowest BCUT2D eigenvalue weighted by Gasteiger charge is -2.27. The van der Waals surface area contributed by atoms with Gasteiger partial charge in [0, 0.05) is 6.07 Å². The second-order valence-electron chi connectivity index (χ2n) is 5.09. The van der Waals surface area contributed by atoms with Crippen LogP contribution in [0, 0.1) is 0 Å². The van der Waals surface area contributed by atoms with E-state index in [0.717, 1.165) is 0 Å². The maximum absolute atomic E-state index is 12.2. The van der Waals surface area contributed by atoms with E-state index in [1.54, 1.807) is 24.3 Å². The number of hydrogen-bond donors (Lipinski definition) is 3. The Hall–Kier alpha value is -1.87. The highest BCUT2D eigenvalue weighted by atomic mass is 35.6. The van der Waals surface area contributed by atoms with Crippen LogP contribution >= 0.6 is 47.0 Å². The van der Waals surface area contributed by atoms with E-state index in [1.165, 1.54) is 26.5 Å². The Kier molecular flexibility index (Phi) is 7.43. The van der Waals surface area contributed by atoms with Crippen LogP contribution in [0.1, 0.15) is 10.6 Å². The van der Waals surface area contributed by atoms with Crippen LogP contribution in [0.5, 0.6) is 11.5 Å². The number of ether oxygens (including phenoxy) is 2. The number of thiocarbonyl (C=S) groups is 1. The van der Waals surface area contributed by atoms with Gasteiger partial charge in [-0.2, -0.15) is 0 Å². The molecule has 1 atom stereocenters. The number of benzene rings is 1. The Balaban J connectivity index is 2.11. The molecule has 0 radical (unpaired) electrons. The van der Waals surface area contributed by atoms with Crippen LogP contribution in [0.3, 0.4) is 0 Å². The maximum atomic E-state index is 12.2. The molecule has 2 rings (SSSR count). The van der Waals surface area contributed by atoms with Crippen LogP contribution in [0.2, 0.25) is 0 Å². The normalized spacial score (nSPS) is 12.0. The Labute approximate surface area is 176 Å². The number of methoxy groups -OCH3 is 2. The van der Waals surface area contributed by atoms with Crippen LogP contribution in [-0.2, 0) is 0 Å². The molecule has 0 bridgehead atoms. The smallest absolute Gasteiger partial charge is 0.288 e. The van der Waals surface area contributed by atoms with E-state index in [1.807, 2.05) is 0 Å². The van der Waals surface area contributed by atoms with Crippen molar-refractivity contribution in [1.82, 2.24) is 10.6 Å². The Morgan fingerprint density at radius 3 is 2.48 bits per heavy atom. The molecule has 1 aromatic carbocycles. The molecule has 27 heavy (non-hydrogen) atoms. The molecule has 0 aliphatic heterocycles. The van der Waals surface area contributed by atoms with Crippen LogP contribution in [0.25, 0.3) is 0 Å². The van der Waals surface area contributed by atoms with Crippen molar-refractivity contribution in [3.8, 4) is 11.5 Å². The topological polar surface area (TPSA) is 84.8 Å². The quantitative estimate of drug-likeness (QED) is 0.350. The van der Waals surface area contributed by atoms with Crippen molar-refractivity contribution in [2.75, 3.05) is 19.5 Å². The van der Waals surface area contributed by atoms with Crippen molar-refractivity contribution < 1.29 is 18.7 Å². The third-order valence-corrected chi connectivity index (χ3v) is 4.15. The first kappa shape index (κ1) is 21.4. The predicted octanol–water partition coefficient (Wildman–Crippen LogP) is 3.71. The fraction of sp³-hybridized carbons (Fsp3) is 0.250. The van der Waals surface area contributed by atoms with E-state index >= 15 is 0 Å². The van der Waals surface area contributed by atoms with Crippen LogP contribution in [0.4, 0.5) is 5.69 Å². The summed E-state index contributed by atoms with van der Waals surface area (Å²) in [4.78, 5) is 12.2. The van der Waals surface area contributed by atoms with Gasteiger partial charge in [-0.1, -0.05) is 34.8 Å². The number of halogens is 3. The number of carbonyl (C=O) groups excluding carboxylic acids is 1. The molecule has 0 aliphatic carbocycles. The van der Waals surface area contributed by atoms with Crippen LogP contribution in [-0.4, -0.2) is 35.2 Å². The summed E-state index contributed by atoms with van der Waals surface area (Å²) in [5, 5.41) is 8.24. The summed E-state index contributed by atoms with van der Waals surface area (Å²) >= 11 is 23.1. The molecular weight excluding hydrogens is 437 g/mol. The summed E-state index contributed by atoms with van der Waals surface area (Å²) in [6.45, 7) is 0. The lowest BCUT2D eigenvalue weighted by Crippen LogP contribution is -2.56. The third kappa shape index (κ3) is 6.07. The monoisotopic (exact) mass is 451 g/mol. The van der Waals surface area contributed by atoms with Gasteiger partial charge in [0.25, 0.3) is 5.91 Å². The van der Waals surface area contributed by atoms with Crippen molar-refractivity contribution in [2.24, 2.45) is 0 Å². The molecule has 146 valence electrons. The van der Waals surface area contributed by atoms with Gasteiger partial charge in [-0.3, -0.25) is 4.79 Å². The highest BCUT2D eigenvalue weighted by Gasteiger charge is 2.35. The fourth-order valence-corrected chi connectivity index (χ4v) is 2.57. The SMILES string of the molecule is COc1ccc(OC)c(NC(=S)N[C@@H](NC(=O)c2ccco2)C(Cl)(Cl)Cl)c1. The number of furan rings is 1. The Bertz CT molecular complexity index is 797. The summed E-state index contributed by atoms with van der Waals surface area (Å²) in [6.07, 6.45) is 0.213. The molecule has 2 aromatic rings. The number of anilines is 1. The number of carbonyl (C=O) groups is 1. The zero-order chi connectivity index (χ0) is 20.0. The van der Waals surface area contributed by atoms with E-state index < -0.39 is 15.9 Å². The summed E-state index contributed by atoms with van der Waals surface area (Å²) in [5.41, 5.74) is 0.523. The number of hydrogen-bond acceptors (Lipinski definition) is 5. The average Bonchev–Trinajstić information content (AvgIpc) is 3.15. The van der Waals surface area contributed by atoms with Crippen molar-refractivity contribution in [3.63, 3.8) is 0 Å². The maximum Gasteiger partial charge on any atom is 0.288 e. The van der Waals surface area contributed by atoms with Crippen molar-refractivity contribution in [3.05, 3.63) is 42.4 Å². The first-order valence-corrected chi connectivity index (χ1v) is 8.99. The number of rotatable bonds is 6. The molecular formula is C16H16Cl3N3O4S. The highest BCUT2D eigenvalue weighted by Crippen LogP contribution is 2.31. The molecule has 1 amide bonds. The lowest BCUT2D eigenvalue weighted by atomic mass is 10.2. The van der Waals surface area contributed by atoms with Gasteiger partial charge in [-0.15, -0.1) is 0 Å². The Morgan fingerprint density at radius 1 is 1.19 bits per heavy atom. The van der Waals surface area contributed by atoms with Crippen LogP contribution < -0.4 is 25.4 Å². The largest absolute Gasteiger partial charge is 0.497 e. The Morgan fingerprint density at radius 2 is 1.93 bits per heavy atom. The number of alkyl halides is 3. The molecule has 0 unspecified atom stereocenters. The first-order chi connectivity index (χ1) is 12.7. The van der Waals surface area contributed by atoms with E-state index in [-0.39, 0.29) is 10.9 Å². The van der Waals surface area contributed by atoms with Crippen molar-refractivity contribution >= 4 is 63.7 Å². The summed E-state index contributed by atoms with van der Waals surface area (Å²) in [6, 6.07) is 8.15. The second-order valence-corrected chi connectivity index (χ2v) is 7.87. The minimum absolute atomic E-state index is 0.0596. The number of nitrogens with one attached hydrogen (secondary N) is 3. The summed E-state index contributed by atoms with van der Waals surface area (Å²) in [5.74, 6) is 0.588. The van der Waals surface area contributed by atoms with E-state index in [9.17, 15) is 4.79 Å². The fourth-order valence-electron chi connectivity index (χ4n) is 2.01. The van der Waals surface area contributed by atoms with E-state index in [4.69, 9.17) is 60.9 Å². The van der Waals surface area contributed by atoms with E-state index in [2.05, 4.69) is 16.0 Å². The zero-order valence-corrected chi connectivity index (χ0v) is 17.3. The summed E-state index contributed by atoms with van der Waals surface area (Å²) < 4.78 is 13.6. The molecule has 1 aromatic heterocycles. The first-order valence-electron chi connectivity index (χ1n) is 7.45. The zero-order valence-electron chi connectivity index (χ0n) is 14.2. The molecule has 0 saturated carbocycles. The van der Waals surface area contributed by atoms with Gasteiger partial charge >= 0.3 is 0 Å². The molecule has 11 heteroatoms. The lowest BCUT2D eigenvalue weighted by molar-refractivity contribution is 0.0906. The molecule has 3 N–H and O–H groups in total. The highest BCUT2D eigenvalue weighted by molar-refractivity contribution is 7.80.